The van der Waals surface area contributed by atoms with E-state index in [9.17, 15) is 14.0 Å². The Kier molecular flexibility index (Phi) is 5.07. The quantitative estimate of drug-likeness (QED) is 0.571. The average Bonchev–Trinajstić information content (AvgIpc) is 2.31. The Morgan fingerprint density at radius 1 is 1.44 bits per heavy atom. The molecule has 4 nitrogen and oxygen atoms in total. The van der Waals surface area contributed by atoms with Gasteiger partial charge in [-0.05, 0) is 26.2 Å². The molecule has 1 aliphatic carbocycles. The Balaban J connectivity index is 2.99. The third kappa shape index (κ3) is 3.42. The van der Waals surface area contributed by atoms with Crippen LogP contribution in [0.3, 0.4) is 0 Å². The first kappa shape index (κ1) is 14.4. The zero-order valence-electron chi connectivity index (χ0n) is 11.0. The van der Waals surface area contributed by atoms with E-state index in [1.54, 1.807) is 32.1 Å². The summed E-state index contributed by atoms with van der Waals surface area (Å²) in [5.74, 6) is -2.49. The molecule has 18 heavy (non-hydrogen) atoms. The zero-order chi connectivity index (χ0) is 13.7. The van der Waals surface area contributed by atoms with Crippen molar-refractivity contribution in [1.29, 1.82) is 0 Å². The van der Waals surface area contributed by atoms with Crippen LogP contribution in [-0.2, 0) is 14.3 Å². The molecule has 0 aromatic heterocycles. The highest BCUT2D eigenvalue weighted by Crippen LogP contribution is 2.28. The highest BCUT2D eigenvalue weighted by Gasteiger charge is 2.27. The molecule has 0 heterocycles. The number of halogens is 1. The van der Waals surface area contributed by atoms with Gasteiger partial charge in [0, 0.05) is 31.4 Å². The lowest BCUT2D eigenvalue weighted by Crippen LogP contribution is -2.19. The van der Waals surface area contributed by atoms with Crippen LogP contribution in [0.15, 0.2) is 23.2 Å². The van der Waals surface area contributed by atoms with Crippen molar-refractivity contribution in [3.63, 3.8) is 0 Å². The maximum Gasteiger partial charge on any atom is 0.367 e. The molecule has 0 aliphatic heterocycles. The van der Waals surface area contributed by atoms with Gasteiger partial charge < -0.3 is 9.64 Å². The van der Waals surface area contributed by atoms with Crippen LogP contribution < -0.4 is 0 Å². The molecule has 1 aliphatic rings. The van der Waals surface area contributed by atoms with Gasteiger partial charge in [-0.3, -0.25) is 4.79 Å². The smallest absolute Gasteiger partial charge is 0.367 e. The summed E-state index contributed by atoms with van der Waals surface area (Å²) in [6.07, 6.45) is 3.22. The molecule has 1 rings (SSSR count). The molecule has 0 atom stereocenters. The van der Waals surface area contributed by atoms with E-state index in [1.807, 2.05) is 0 Å². The molecule has 0 aromatic carbocycles. The highest BCUT2D eigenvalue weighted by atomic mass is 19.1. The van der Waals surface area contributed by atoms with Crippen LogP contribution in [0.4, 0.5) is 4.39 Å². The number of allylic oxidation sites excluding steroid dienone is 2. The molecule has 0 N–H and O–H groups in total. The summed E-state index contributed by atoms with van der Waals surface area (Å²) in [7, 11) is 3.58. The first-order valence-electron chi connectivity index (χ1n) is 5.95. The molecule has 5 heteroatoms. The molecule has 0 amide bonds. The topological polar surface area (TPSA) is 46.6 Å². The van der Waals surface area contributed by atoms with Crippen molar-refractivity contribution in [1.82, 2.24) is 4.90 Å². The lowest BCUT2D eigenvalue weighted by molar-refractivity contribution is -0.140. The monoisotopic (exact) mass is 255 g/mol. The van der Waals surface area contributed by atoms with E-state index in [0.29, 0.717) is 18.4 Å². The van der Waals surface area contributed by atoms with Crippen molar-refractivity contribution in [2.75, 3.05) is 20.7 Å². The predicted octanol–water partition coefficient (Wildman–Crippen LogP) is 1.97. The molecular formula is C13H18FNO3. The molecule has 1 saturated carbocycles. The van der Waals surface area contributed by atoms with Gasteiger partial charge in [-0.15, -0.1) is 0 Å². The lowest BCUT2D eigenvalue weighted by Gasteiger charge is -2.18. The van der Waals surface area contributed by atoms with Crippen LogP contribution in [0.25, 0.3) is 0 Å². The number of hydrogen-bond acceptors (Lipinski definition) is 4. The number of carbonyl (C=O) groups excluding carboxylic acids is 2. The largest absolute Gasteiger partial charge is 0.461 e. The number of esters is 1. The van der Waals surface area contributed by atoms with Gasteiger partial charge >= 0.3 is 5.97 Å². The predicted molar refractivity (Wildman–Crippen MR) is 65.4 cm³/mol. The molecule has 0 radical (unpaired) electrons. The van der Waals surface area contributed by atoms with Crippen LogP contribution in [0, 0.1) is 0 Å². The van der Waals surface area contributed by atoms with Crippen LogP contribution in [0.2, 0.25) is 0 Å². The van der Waals surface area contributed by atoms with Crippen LogP contribution >= 0.6 is 0 Å². The van der Waals surface area contributed by atoms with E-state index in [-0.39, 0.29) is 24.4 Å². The molecule has 100 valence electrons. The van der Waals surface area contributed by atoms with Gasteiger partial charge in [-0.25, -0.2) is 4.79 Å². The second kappa shape index (κ2) is 6.33. The third-order valence-electron chi connectivity index (χ3n) is 2.57. The van der Waals surface area contributed by atoms with Gasteiger partial charge in [-0.2, -0.15) is 4.39 Å². The molecular weight excluding hydrogens is 237 g/mol. The minimum Gasteiger partial charge on any atom is -0.461 e. The molecule has 0 aromatic rings. The fourth-order valence-corrected chi connectivity index (χ4v) is 1.84. The van der Waals surface area contributed by atoms with E-state index in [2.05, 4.69) is 4.74 Å². The van der Waals surface area contributed by atoms with Crippen molar-refractivity contribution in [2.45, 2.75) is 26.2 Å². The number of ether oxygens (including phenoxy) is 1. The van der Waals surface area contributed by atoms with Crippen molar-refractivity contribution in [3.05, 3.63) is 23.2 Å². The number of hydrogen-bond donors (Lipinski definition) is 0. The third-order valence-corrected chi connectivity index (χ3v) is 2.57. The maximum absolute atomic E-state index is 13.8. The van der Waals surface area contributed by atoms with E-state index >= 15 is 0 Å². The Hall–Kier alpha value is -1.65. The summed E-state index contributed by atoms with van der Waals surface area (Å²) in [4.78, 5) is 25.0. The molecule has 1 fully saturated rings. The summed E-state index contributed by atoms with van der Waals surface area (Å²) >= 11 is 0. The van der Waals surface area contributed by atoms with Crippen molar-refractivity contribution in [2.24, 2.45) is 0 Å². The number of ketones is 1. The Bertz CT molecular complexity index is 410. The maximum atomic E-state index is 13.8. The van der Waals surface area contributed by atoms with Crippen LogP contribution in [0.1, 0.15) is 26.2 Å². The minimum absolute atomic E-state index is 0.0622. The van der Waals surface area contributed by atoms with Gasteiger partial charge in [0.05, 0.1) is 6.61 Å². The van der Waals surface area contributed by atoms with Gasteiger partial charge in [0.15, 0.2) is 5.78 Å². The second-order valence-electron chi connectivity index (χ2n) is 4.31. The van der Waals surface area contributed by atoms with E-state index in [0.717, 1.165) is 0 Å². The normalized spacial score (nSPS) is 20.9. The molecule has 0 unspecified atom stereocenters. The summed E-state index contributed by atoms with van der Waals surface area (Å²) in [6, 6.07) is 0. The fraction of sp³-hybridized carbons (Fsp3) is 0.538. The zero-order valence-corrected chi connectivity index (χ0v) is 11.0. The number of carbonyl (C=O) groups is 2. The Labute approximate surface area is 106 Å². The molecule has 0 spiro atoms. The molecule has 0 saturated heterocycles. The van der Waals surface area contributed by atoms with Crippen LogP contribution in [-0.4, -0.2) is 37.4 Å². The van der Waals surface area contributed by atoms with E-state index < -0.39 is 11.8 Å². The number of rotatable bonds is 3. The average molecular weight is 255 g/mol. The SMILES string of the molecule is CCOC(=O)C(F)=C1CCCC(=CN(C)C)C1=O. The summed E-state index contributed by atoms with van der Waals surface area (Å²) in [5.41, 5.74) is 0.466. The minimum atomic E-state index is -1.05. The summed E-state index contributed by atoms with van der Waals surface area (Å²) in [6.45, 7) is 1.68. The number of nitrogens with zero attached hydrogens (tertiary/aromatic N) is 1. The van der Waals surface area contributed by atoms with Gasteiger partial charge in [-0.1, -0.05) is 0 Å². The summed E-state index contributed by atoms with van der Waals surface area (Å²) < 4.78 is 18.3. The standard InChI is InChI=1S/C13H18FNO3/c1-4-18-13(17)11(14)10-7-5-6-9(12(10)16)8-15(2)3/h8H,4-7H2,1-3H3. The summed E-state index contributed by atoms with van der Waals surface area (Å²) in [5, 5.41) is 0. The first-order valence-corrected chi connectivity index (χ1v) is 5.95. The lowest BCUT2D eigenvalue weighted by atomic mass is 9.88. The Morgan fingerprint density at radius 2 is 2.11 bits per heavy atom. The van der Waals surface area contributed by atoms with Gasteiger partial charge in [0.1, 0.15) is 0 Å². The van der Waals surface area contributed by atoms with E-state index in [4.69, 9.17) is 0 Å². The van der Waals surface area contributed by atoms with Gasteiger partial charge in [0.25, 0.3) is 0 Å². The Morgan fingerprint density at radius 3 is 2.67 bits per heavy atom. The second-order valence-corrected chi connectivity index (χ2v) is 4.31. The van der Waals surface area contributed by atoms with Crippen LogP contribution in [0.5, 0.6) is 0 Å². The fourth-order valence-electron chi connectivity index (χ4n) is 1.84. The number of Topliss-reactive ketones (excluding diaryl/α,β-unsaturated/α-hetero) is 1. The van der Waals surface area contributed by atoms with Crippen molar-refractivity contribution < 1.29 is 18.7 Å². The van der Waals surface area contributed by atoms with Crippen molar-refractivity contribution >= 4 is 11.8 Å². The highest BCUT2D eigenvalue weighted by molar-refractivity contribution is 6.12. The van der Waals surface area contributed by atoms with Gasteiger partial charge in [0.2, 0.25) is 5.83 Å². The first-order chi connectivity index (χ1) is 8.47. The van der Waals surface area contributed by atoms with Crippen molar-refractivity contribution in [3.8, 4) is 0 Å². The van der Waals surface area contributed by atoms with E-state index in [1.165, 1.54) is 0 Å². The molecule has 0 bridgehead atoms.